The van der Waals surface area contributed by atoms with Crippen LogP contribution in [0.1, 0.15) is 17.4 Å². The van der Waals surface area contributed by atoms with Gasteiger partial charge in [0.05, 0.1) is 13.2 Å². The van der Waals surface area contributed by atoms with Gasteiger partial charge in [-0.05, 0) is 37.3 Å². The number of H-pyrrole nitrogens is 1. The smallest absolute Gasteiger partial charge is 0.119 e. The fourth-order valence-corrected chi connectivity index (χ4v) is 4.05. The third-order valence-corrected chi connectivity index (χ3v) is 5.52. The first kappa shape index (κ1) is 17.9. The summed E-state index contributed by atoms with van der Waals surface area (Å²) in [7, 11) is 1.69. The van der Waals surface area contributed by atoms with E-state index in [4.69, 9.17) is 4.74 Å². The van der Waals surface area contributed by atoms with Crippen molar-refractivity contribution in [2.45, 2.75) is 13.0 Å². The number of aryl methyl sites for hydroxylation is 1. The van der Waals surface area contributed by atoms with Crippen LogP contribution in [0.5, 0.6) is 5.75 Å². The Labute approximate surface area is 160 Å². The van der Waals surface area contributed by atoms with Crippen LogP contribution >= 0.6 is 0 Å². The SMILES string of the molecule is COc1ccc(N2CCN(C[C@@H](O)c3c(C)[nH]c4ccccc34)CC2)cc1. The van der Waals surface area contributed by atoms with Gasteiger partial charge in [0, 0.05) is 60.6 Å². The summed E-state index contributed by atoms with van der Waals surface area (Å²) in [5, 5.41) is 12.0. The number of rotatable bonds is 5. The minimum Gasteiger partial charge on any atom is -0.497 e. The fourth-order valence-electron chi connectivity index (χ4n) is 4.05. The molecule has 1 saturated heterocycles. The summed E-state index contributed by atoms with van der Waals surface area (Å²) >= 11 is 0. The zero-order valence-corrected chi connectivity index (χ0v) is 16.0. The number of aliphatic hydroxyl groups excluding tert-OH is 1. The van der Waals surface area contributed by atoms with Crippen LogP contribution in [0.15, 0.2) is 48.5 Å². The summed E-state index contributed by atoms with van der Waals surface area (Å²) < 4.78 is 5.24. The van der Waals surface area contributed by atoms with Crippen molar-refractivity contribution in [2.75, 3.05) is 44.7 Å². The lowest BCUT2D eigenvalue weighted by molar-refractivity contribution is 0.110. The molecule has 1 aliphatic rings. The second kappa shape index (κ2) is 7.62. The van der Waals surface area contributed by atoms with Crippen LogP contribution in [-0.4, -0.2) is 54.8 Å². The van der Waals surface area contributed by atoms with E-state index in [0.29, 0.717) is 6.54 Å². The standard InChI is InChI=1S/C22H27N3O2/c1-16-22(19-5-3-4-6-20(19)23-16)21(26)15-24-11-13-25(14-12-24)17-7-9-18(27-2)10-8-17/h3-10,21,23,26H,11-15H2,1-2H3/t21-/m1/s1. The lowest BCUT2D eigenvalue weighted by atomic mass is 10.0. The molecule has 1 aromatic heterocycles. The molecule has 0 saturated carbocycles. The highest BCUT2D eigenvalue weighted by molar-refractivity contribution is 5.84. The number of aliphatic hydroxyl groups is 1. The van der Waals surface area contributed by atoms with Crippen molar-refractivity contribution in [1.29, 1.82) is 0 Å². The van der Waals surface area contributed by atoms with Crippen LogP contribution in [0.2, 0.25) is 0 Å². The number of para-hydroxylation sites is 1. The Morgan fingerprint density at radius 2 is 1.74 bits per heavy atom. The normalized spacial score (nSPS) is 16.6. The first-order chi connectivity index (χ1) is 13.2. The second-order valence-electron chi connectivity index (χ2n) is 7.21. The van der Waals surface area contributed by atoms with Crippen LogP contribution < -0.4 is 9.64 Å². The van der Waals surface area contributed by atoms with E-state index in [9.17, 15) is 5.11 Å². The summed E-state index contributed by atoms with van der Waals surface area (Å²) in [6, 6.07) is 16.4. The summed E-state index contributed by atoms with van der Waals surface area (Å²) in [5.41, 5.74) is 4.40. The highest BCUT2D eigenvalue weighted by Crippen LogP contribution is 2.29. The maximum atomic E-state index is 10.9. The van der Waals surface area contributed by atoms with Crippen LogP contribution in [0.3, 0.4) is 0 Å². The summed E-state index contributed by atoms with van der Waals surface area (Å²) in [4.78, 5) is 8.13. The molecule has 2 N–H and O–H groups in total. The predicted molar refractivity (Wildman–Crippen MR) is 110 cm³/mol. The van der Waals surface area contributed by atoms with Crippen molar-refractivity contribution in [1.82, 2.24) is 9.88 Å². The fraction of sp³-hybridized carbons (Fsp3) is 0.364. The van der Waals surface area contributed by atoms with Gasteiger partial charge >= 0.3 is 0 Å². The van der Waals surface area contributed by atoms with Crippen LogP contribution in [-0.2, 0) is 0 Å². The molecule has 0 bridgehead atoms. The lowest BCUT2D eigenvalue weighted by Crippen LogP contribution is -2.47. The summed E-state index contributed by atoms with van der Waals surface area (Å²) in [6.07, 6.45) is -0.478. The first-order valence-corrected chi connectivity index (χ1v) is 9.52. The summed E-state index contributed by atoms with van der Waals surface area (Å²) in [5.74, 6) is 0.884. The Kier molecular flexibility index (Phi) is 5.05. The molecule has 27 heavy (non-hydrogen) atoms. The Hall–Kier alpha value is -2.50. The highest BCUT2D eigenvalue weighted by Gasteiger charge is 2.23. The van der Waals surface area contributed by atoms with E-state index < -0.39 is 6.10 Å². The number of hydrogen-bond donors (Lipinski definition) is 2. The minimum absolute atomic E-state index is 0.478. The molecule has 2 aromatic carbocycles. The Morgan fingerprint density at radius 3 is 2.44 bits per heavy atom. The largest absolute Gasteiger partial charge is 0.497 e. The molecule has 0 radical (unpaired) electrons. The molecule has 142 valence electrons. The molecule has 0 unspecified atom stereocenters. The van der Waals surface area contributed by atoms with Gasteiger partial charge in [-0.2, -0.15) is 0 Å². The van der Waals surface area contributed by atoms with Crippen molar-refractivity contribution in [3.63, 3.8) is 0 Å². The maximum absolute atomic E-state index is 10.9. The number of nitrogens with zero attached hydrogens (tertiary/aromatic N) is 2. The molecule has 0 amide bonds. The topological polar surface area (TPSA) is 51.7 Å². The van der Waals surface area contributed by atoms with Crippen molar-refractivity contribution in [2.24, 2.45) is 0 Å². The van der Waals surface area contributed by atoms with Crippen molar-refractivity contribution in [3.8, 4) is 5.75 Å². The Morgan fingerprint density at radius 1 is 1.04 bits per heavy atom. The van der Waals surface area contributed by atoms with Crippen LogP contribution in [0.4, 0.5) is 5.69 Å². The Balaban J connectivity index is 1.39. The first-order valence-electron chi connectivity index (χ1n) is 9.52. The summed E-state index contributed by atoms with van der Waals surface area (Å²) in [6.45, 7) is 6.53. The van der Waals surface area contributed by atoms with Crippen LogP contribution in [0, 0.1) is 6.92 Å². The number of fused-ring (bicyclic) bond motifs is 1. The minimum atomic E-state index is -0.478. The van der Waals surface area contributed by atoms with Crippen molar-refractivity contribution in [3.05, 3.63) is 59.8 Å². The number of methoxy groups -OCH3 is 1. The van der Waals surface area contributed by atoms with Crippen LogP contribution in [0.25, 0.3) is 10.9 Å². The van der Waals surface area contributed by atoms with E-state index in [1.54, 1.807) is 7.11 Å². The van der Waals surface area contributed by atoms with Gasteiger partial charge in [-0.25, -0.2) is 0 Å². The molecule has 1 atom stereocenters. The molecule has 2 heterocycles. The van der Waals surface area contributed by atoms with Gasteiger partial charge < -0.3 is 19.7 Å². The predicted octanol–water partition coefficient (Wildman–Crippen LogP) is 3.34. The quantitative estimate of drug-likeness (QED) is 0.728. The van der Waals surface area contributed by atoms with Gasteiger partial charge in [0.2, 0.25) is 0 Å². The number of aromatic nitrogens is 1. The van der Waals surface area contributed by atoms with Gasteiger partial charge in [-0.15, -0.1) is 0 Å². The zero-order chi connectivity index (χ0) is 18.8. The van der Waals surface area contributed by atoms with Gasteiger partial charge in [-0.1, -0.05) is 18.2 Å². The molecule has 0 spiro atoms. The average molecular weight is 365 g/mol. The van der Waals surface area contributed by atoms with Gasteiger partial charge in [0.25, 0.3) is 0 Å². The molecule has 5 nitrogen and oxygen atoms in total. The maximum Gasteiger partial charge on any atom is 0.119 e. The van der Waals surface area contributed by atoms with E-state index in [0.717, 1.165) is 54.1 Å². The lowest BCUT2D eigenvalue weighted by Gasteiger charge is -2.37. The number of β-amino-alcohol motifs (C(OH)–C–C–N with tert-alkyl or cyclic N) is 1. The number of ether oxygens (including phenoxy) is 1. The van der Waals surface area contributed by atoms with Gasteiger partial charge in [0.15, 0.2) is 0 Å². The zero-order valence-electron chi connectivity index (χ0n) is 16.0. The van der Waals surface area contributed by atoms with Crippen molar-refractivity contribution < 1.29 is 9.84 Å². The molecule has 5 heteroatoms. The second-order valence-corrected chi connectivity index (χ2v) is 7.21. The van der Waals surface area contributed by atoms with Crippen molar-refractivity contribution >= 4 is 16.6 Å². The number of benzene rings is 2. The number of aromatic amines is 1. The molecule has 0 aliphatic carbocycles. The third-order valence-electron chi connectivity index (χ3n) is 5.52. The molecule has 4 rings (SSSR count). The van der Waals surface area contributed by atoms with Gasteiger partial charge in [-0.3, -0.25) is 4.90 Å². The van der Waals surface area contributed by atoms with E-state index in [1.165, 1.54) is 5.69 Å². The highest BCUT2D eigenvalue weighted by atomic mass is 16.5. The molecular formula is C22H27N3O2. The van der Waals surface area contributed by atoms with E-state index in [1.807, 2.05) is 31.2 Å². The molecule has 1 fully saturated rings. The van der Waals surface area contributed by atoms with E-state index >= 15 is 0 Å². The third kappa shape index (κ3) is 3.66. The number of nitrogens with one attached hydrogen (secondary N) is 1. The van der Waals surface area contributed by atoms with E-state index in [-0.39, 0.29) is 0 Å². The Bertz CT molecular complexity index is 896. The monoisotopic (exact) mass is 365 g/mol. The number of piperazine rings is 1. The van der Waals surface area contributed by atoms with Gasteiger partial charge in [0.1, 0.15) is 5.75 Å². The number of anilines is 1. The molecule has 1 aliphatic heterocycles. The van der Waals surface area contributed by atoms with E-state index in [2.05, 4.69) is 39.0 Å². The molecule has 3 aromatic rings. The molecular weight excluding hydrogens is 338 g/mol. The average Bonchev–Trinajstić information content (AvgIpc) is 3.04. The number of hydrogen-bond acceptors (Lipinski definition) is 4.